The molecular weight excluding hydrogens is 250 g/mol. The number of carbonyl (C=O) groups is 1. The van der Waals surface area contributed by atoms with E-state index in [1.807, 2.05) is 0 Å². The molecule has 72 valence electrons. The third-order valence-corrected chi connectivity index (χ3v) is 2.78. The van der Waals surface area contributed by atoms with Gasteiger partial charge >= 0.3 is 5.97 Å². The van der Waals surface area contributed by atoms with Crippen LogP contribution in [0, 0.1) is 0 Å². The van der Waals surface area contributed by atoms with Crippen LogP contribution in [0.3, 0.4) is 0 Å². The first-order chi connectivity index (χ1) is 6.59. The maximum atomic E-state index is 10.7. The van der Waals surface area contributed by atoms with Crippen molar-refractivity contribution in [1.82, 2.24) is 4.98 Å². The highest BCUT2D eigenvalue weighted by Crippen LogP contribution is 2.32. The quantitative estimate of drug-likeness (QED) is 0.733. The molecule has 0 atom stereocenters. The highest BCUT2D eigenvalue weighted by molar-refractivity contribution is 9.10. The van der Waals surface area contributed by atoms with Gasteiger partial charge in [0.15, 0.2) is 0 Å². The fourth-order valence-corrected chi connectivity index (χ4v) is 1.73. The summed E-state index contributed by atoms with van der Waals surface area (Å²) in [6, 6.07) is 4.60. The van der Waals surface area contributed by atoms with Gasteiger partial charge in [0.25, 0.3) is 0 Å². The maximum absolute atomic E-state index is 10.7. The molecule has 2 rings (SSSR count). The van der Waals surface area contributed by atoms with Crippen LogP contribution in [0.25, 0.3) is 10.9 Å². The van der Waals surface area contributed by atoms with E-state index in [0.29, 0.717) is 15.4 Å². The number of carboxylic acids is 1. The van der Waals surface area contributed by atoms with Gasteiger partial charge in [-0.05, 0) is 34.1 Å². The molecule has 0 bridgehead atoms. The molecule has 14 heavy (non-hydrogen) atoms. The minimum atomic E-state index is -1.02. The van der Waals surface area contributed by atoms with E-state index in [4.69, 9.17) is 5.11 Å². The van der Waals surface area contributed by atoms with Crippen molar-refractivity contribution in [3.8, 4) is 5.75 Å². The van der Waals surface area contributed by atoms with Crippen LogP contribution in [-0.2, 0) is 0 Å². The number of fused-ring (bicyclic) bond motifs is 1. The van der Waals surface area contributed by atoms with Crippen LogP contribution in [-0.4, -0.2) is 21.2 Å². The summed E-state index contributed by atoms with van der Waals surface area (Å²) in [5, 5.41) is 18.7. The second kappa shape index (κ2) is 3.02. The summed E-state index contributed by atoms with van der Waals surface area (Å²) in [5.74, 6) is -0.930. The average molecular weight is 256 g/mol. The predicted molar refractivity (Wildman–Crippen MR) is 54.6 cm³/mol. The van der Waals surface area contributed by atoms with Gasteiger partial charge in [0.1, 0.15) is 11.4 Å². The van der Waals surface area contributed by atoms with E-state index in [1.54, 1.807) is 6.07 Å². The van der Waals surface area contributed by atoms with Crippen LogP contribution in [0.1, 0.15) is 10.5 Å². The topological polar surface area (TPSA) is 73.3 Å². The van der Waals surface area contributed by atoms with Gasteiger partial charge in [0.05, 0.1) is 4.47 Å². The summed E-state index contributed by atoms with van der Waals surface area (Å²) in [6.45, 7) is 0. The maximum Gasteiger partial charge on any atom is 0.352 e. The molecule has 0 saturated carbocycles. The molecule has 0 saturated heterocycles. The third-order valence-electron chi connectivity index (χ3n) is 1.95. The molecule has 0 fully saturated rings. The molecule has 0 spiro atoms. The van der Waals surface area contributed by atoms with Crippen molar-refractivity contribution < 1.29 is 15.0 Å². The van der Waals surface area contributed by atoms with E-state index in [0.717, 1.165) is 0 Å². The lowest BCUT2D eigenvalue weighted by Crippen LogP contribution is -1.94. The Morgan fingerprint density at radius 2 is 2.14 bits per heavy atom. The standard InChI is InChI=1S/C9H6BrNO3/c10-8-4-3-6(9(13)14)11-5(4)1-2-7(8)12/h1-3,11-12H,(H,13,14). The van der Waals surface area contributed by atoms with E-state index in [9.17, 15) is 9.90 Å². The first-order valence-corrected chi connectivity index (χ1v) is 4.62. The summed E-state index contributed by atoms with van der Waals surface area (Å²) in [4.78, 5) is 13.4. The lowest BCUT2D eigenvalue weighted by atomic mass is 10.2. The molecule has 0 amide bonds. The minimum Gasteiger partial charge on any atom is -0.507 e. The predicted octanol–water partition coefficient (Wildman–Crippen LogP) is 2.33. The monoisotopic (exact) mass is 255 g/mol. The van der Waals surface area contributed by atoms with Crippen LogP contribution in [0.2, 0.25) is 0 Å². The van der Waals surface area contributed by atoms with E-state index < -0.39 is 5.97 Å². The summed E-state index contributed by atoms with van der Waals surface area (Å²) in [5.41, 5.74) is 0.776. The highest BCUT2D eigenvalue weighted by Gasteiger charge is 2.11. The Hall–Kier alpha value is -1.49. The van der Waals surface area contributed by atoms with Gasteiger partial charge in [-0.1, -0.05) is 0 Å². The summed E-state index contributed by atoms with van der Waals surface area (Å²) < 4.78 is 0.499. The first kappa shape index (κ1) is 9.08. The second-order valence-corrected chi connectivity index (χ2v) is 3.64. The van der Waals surface area contributed by atoms with Crippen LogP contribution in [0.15, 0.2) is 22.7 Å². The number of phenolic OH excluding ortho intramolecular Hbond substituents is 1. The third kappa shape index (κ3) is 1.26. The number of phenols is 1. The van der Waals surface area contributed by atoms with E-state index in [2.05, 4.69) is 20.9 Å². The van der Waals surface area contributed by atoms with Crippen molar-refractivity contribution in [3.05, 3.63) is 28.4 Å². The number of aromatic nitrogens is 1. The number of benzene rings is 1. The van der Waals surface area contributed by atoms with E-state index >= 15 is 0 Å². The first-order valence-electron chi connectivity index (χ1n) is 3.83. The Balaban J connectivity index is 2.77. The smallest absolute Gasteiger partial charge is 0.352 e. The number of carboxylic acid groups (broad SMARTS) is 1. The minimum absolute atomic E-state index is 0.0911. The van der Waals surface area contributed by atoms with Crippen molar-refractivity contribution in [2.45, 2.75) is 0 Å². The molecule has 0 unspecified atom stereocenters. The molecule has 1 heterocycles. The Kier molecular flexibility index (Phi) is 1.96. The van der Waals surface area contributed by atoms with Crippen molar-refractivity contribution in [1.29, 1.82) is 0 Å². The van der Waals surface area contributed by atoms with Gasteiger partial charge in [0.2, 0.25) is 0 Å². The van der Waals surface area contributed by atoms with Crippen LogP contribution in [0.5, 0.6) is 5.75 Å². The Labute approximate surface area is 87.3 Å². The molecule has 2 aromatic rings. The number of rotatable bonds is 1. The normalized spacial score (nSPS) is 10.6. The molecule has 0 aliphatic rings. The molecule has 0 radical (unpaired) electrons. The molecule has 1 aromatic heterocycles. The zero-order chi connectivity index (χ0) is 10.3. The molecule has 0 aliphatic heterocycles. The molecule has 5 heteroatoms. The second-order valence-electron chi connectivity index (χ2n) is 2.85. The SMILES string of the molecule is O=C(O)c1cc2c(Br)c(O)ccc2[nH]1. The number of nitrogens with one attached hydrogen (secondary N) is 1. The number of aromatic hydroxyl groups is 1. The zero-order valence-electron chi connectivity index (χ0n) is 6.91. The zero-order valence-corrected chi connectivity index (χ0v) is 8.50. The fraction of sp³-hybridized carbons (Fsp3) is 0. The molecule has 4 nitrogen and oxygen atoms in total. The number of aromatic amines is 1. The van der Waals surface area contributed by atoms with Crippen LogP contribution < -0.4 is 0 Å². The van der Waals surface area contributed by atoms with Gasteiger partial charge in [-0.15, -0.1) is 0 Å². The van der Waals surface area contributed by atoms with E-state index in [-0.39, 0.29) is 11.4 Å². The number of H-pyrrole nitrogens is 1. The molecule has 3 N–H and O–H groups in total. The summed E-state index contributed by atoms with van der Waals surface area (Å²) in [6.07, 6.45) is 0. The summed E-state index contributed by atoms with van der Waals surface area (Å²) >= 11 is 3.18. The van der Waals surface area contributed by atoms with Gasteiger partial charge in [-0.2, -0.15) is 0 Å². The average Bonchev–Trinajstić information content (AvgIpc) is 2.56. The van der Waals surface area contributed by atoms with Gasteiger partial charge < -0.3 is 15.2 Å². The fourth-order valence-electron chi connectivity index (χ4n) is 1.27. The Bertz CT molecular complexity index is 518. The van der Waals surface area contributed by atoms with Gasteiger partial charge in [-0.3, -0.25) is 0 Å². The number of halogens is 1. The van der Waals surface area contributed by atoms with Crippen molar-refractivity contribution >= 4 is 32.8 Å². The Morgan fingerprint density at radius 3 is 2.79 bits per heavy atom. The van der Waals surface area contributed by atoms with Crippen LogP contribution >= 0.6 is 15.9 Å². The molecular formula is C9H6BrNO3. The molecule has 0 aliphatic carbocycles. The van der Waals surface area contributed by atoms with Crippen molar-refractivity contribution in [3.63, 3.8) is 0 Å². The van der Waals surface area contributed by atoms with Gasteiger partial charge in [0, 0.05) is 10.9 Å². The number of hydrogen-bond donors (Lipinski definition) is 3. The van der Waals surface area contributed by atoms with E-state index in [1.165, 1.54) is 12.1 Å². The summed E-state index contributed by atoms with van der Waals surface area (Å²) in [7, 11) is 0. The van der Waals surface area contributed by atoms with Crippen molar-refractivity contribution in [2.75, 3.05) is 0 Å². The largest absolute Gasteiger partial charge is 0.507 e. The Morgan fingerprint density at radius 1 is 1.43 bits per heavy atom. The highest BCUT2D eigenvalue weighted by atomic mass is 79.9. The lowest BCUT2D eigenvalue weighted by Gasteiger charge is -1.96. The lowest BCUT2D eigenvalue weighted by molar-refractivity contribution is 0.0691. The van der Waals surface area contributed by atoms with Crippen LogP contribution in [0.4, 0.5) is 0 Å². The number of aromatic carboxylic acids is 1. The number of hydrogen-bond acceptors (Lipinski definition) is 2. The van der Waals surface area contributed by atoms with Gasteiger partial charge in [-0.25, -0.2) is 4.79 Å². The van der Waals surface area contributed by atoms with Crippen molar-refractivity contribution in [2.24, 2.45) is 0 Å². The molecule has 1 aromatic carbocycles.